The van der Waals surface area contributed by atoms with Crippen LogP contribution in [0.2, 0.25) is 0 Å². The van der Waals surface area contributed by atoms with E-state index in [-0.39, 0.29) is 18.5 Å². The van der Waals surface area contributed by atoms with Crippen molar-refractivity contribution in [2.24, 2.45) is 0 Å². The van der Waals surface area contributed by atoms with Crippen molar-refractivity contribution in [1.29, 1.82) is 0 Å². The maximum atomic E-state index is 12.2. The topological polar surface area (TPSA) is 93.4 Å². The lowest BCUT2D eigenvalue weighted by Gasteiger charge is -2.20. The lowest BCUT2D eigenvalue weighted by molar-refractivity contribution is 0.0523. The summed E-state index contributed by atoms with van der Waals surface area (Å²) in [6.45, 7) is 11.3. The number of anilines is 1. The number of carbonyl (C=O) groups excluding carboxylic acids is 2. The van der Waals surface area contributed by atoms with Gasteiger partial charge in [-0.1, -0.05) is 6.07 Å². The van der Waals surface area contributed by atoms with E-state index < -0.39 is 11.7 Å². The van der Waals surface area contributed by atoms with Gasteiger partial charge in [0.15, 0.2) is 0 Å². The van der Waals surface area contributed by atoms with E-state index in [1.165, 1.54) is 0 Å². The Morgan fingerprint density at radius 2 is 1.87 bits per heavy atom. The Kier molecular flexibility index (Phi) is 6.01. The Bertz CT molecular complexity index is 589. The smallest absolute Gasteiger partial charge is 0.407 e. The fourth-order valence-electron chi connectivity index (χ4n) is 1.99. The second-order valence-electron chi connectivity index (χ2n) is 6.86. The Morgan fingerprint density at radius 3 is 2.39 bits per heavy atom. The van der Waals surface area contributed by atoms with E-state index in [2.05, 4.69) is 10.6 Å². The van der Waals surface area contributed by atoms with Crippen LogP contribution in [0.4, 0.5) is 10.5 Å². The van der Waals surface area contributed by atoms with Gasteiger partial charge < -0.3 is 21.1 Å². The average Bonchev–Trinajstić information content (AvgIpc) is 2.37. The van der Waals surface area contributed by atoms with E-state index in [1.54, 1.807) is 26.8 Å². The third kappa shape index (κ3) is 6.18. The molecular weight excluding hydrogens is 294 g/mol. The van der Waals surface area contributed by atoms with Gasteiger partial charge in [-0.15, -0.1) is 0 Å². The van der Waals surface area contributed by atoms with Crippen LogP contribution in [0.3, 0.4) is 0 Å². The Balaban J connectivity index is 2.87. The highest BCUT2D eigenvalue weighted by Gasteiger charge is 2.17. The predicted octanol–water partition coefficient (Wildman–Crippen LogP) is 2.74. The highest BCUT2D eigenvalue weighted by Crippen LogP contribution is 2.20. The van der Waals surface area contributed by atoms with E-state index in [4.69, 9.17) is 10.5 Å². The second-order valence-corrected chi connectivity index (χ2v) is 6.86. The summed E-state index contributed by atoms with van der Waals surface area (Å²) in [5.41, 5.74) is 7.89. The molecular formula is C17H27N3O3. The molecule has 1 aromatic carbocycles. The third-order valence-electron chi connectivity index (χ3n) is 2.95. The van der Waals surface area contributed by atoms with E-state index in [0.29, 0.717) is 11.3 Å². The average molecular weight is 321 g/mol. The largest absolute Gasteiger partial charge is 0.444 e. The van der Waals surface area contributed by atoms with Gasteiger partial charge in [0, 0.05) is 18.3 Å². The Morgan fingerprint density at radius 1 is 1.26 bits per heavy atom. The normalized spacial score (nSPS) is 11.3. The molecule has 6 nitrogen and oxygen atoms in total. The lowest BCUT2D eigenvalue weighted by Crippen LogP contribution is -2.32. The number of benzene rings is 1. The van der Waals surface area contributed by atoms with Crippen LogP contribution >= 0.6 is 0 Å². The molecule has 4 N–H and O–H groups in total. The number of carbonyl (C=O) groups is 2. The number of nitrogens with one attached hydrogen (secondary N) is 2. The summed E-state index contributed by atoms with van der Waals surface area (Å²) in [5.74, 6) is -0.222. The molecule has 0 fully saturated rings. The molecule has 0 aliphatic heterocycles. The molecule has 6 heteroatoms. The molecule has 0 heterocycles. The van der Waals surface area contributed by atoms with Gasteiger partial charge in [0.25, 0.3) is 5.91 Å². The lowest BCUT2D eigenvalue weighted by atomic mass is 10.0. The first kappa shape index (κ1) is 18.8. The number of rotatable bonds is 4. The van der Waals surface area contributed by atoms with Gasteiger partial charge in [-0.05, 0) is 58.7 Å². The van der Waals surface area contributed by atoms with Gasteiger partial charge in [-0.3, -0.25) is 4.79 Å². The monoisotopic (exact) mass is 321 g/mol. The maximum absolute atomic E-state index is 12.2. The summed E-state index contributed by atoms with van der Waals surface area (Å²) in [4.78, 5) is 23.9. The van der Waals surface area contributed by atoms with E-state index in [0.717, 1.165) is 11.1 Å². The molecule has 0 spiro atoms. The van der Waals surface area contributed by atoms with Crippen LogP contribution in [0.1, 0.15) is 56.1 Å². The molecule has 0 saturated carbocycles. The molecule has 128 valence electrons. The molecule has 23 heavy (non-hydrogen) atoms. The molecule has 0 bridgehead atoms. The molecule has 0 unspecified atom stereocenters. The quantitative estimate of drug-likeness (QED) is 0.743. The summed E-state index contributed by atoms with van der Waals surface area (Å²) in [7, 11) is 0. The number of hydrogen-bond donors (Lipinski definition) is 3. The molecule has 0 aromatic heterocycles. The van der Waals surface area contributed by atoms with Crippen LogP contribution in [0.15, 0.2) is 12.1 Å². The van der Waals surface area contributed by atoms with Crippen molar-refractivity contribution in [3.8, 4) is 0 Å². The van der Waals surface area contributed by atoms with Crippen LogP contribution in [-0.4, -0.2) is 23.6 Å². The SMILES string of the molecule is Cc1cc(CNC(=O)OC(C)(C)C)cc(C(=O)NC(C)C)c1N. The number of nitrogens with two attached hydrogens (primary N) is 1. The first-order valence-corrected chi connectivity index (χ1v) is 7.66. The predicted molar refractivity (Wildman–Crippen MR) is 91.3 cm³/mol. The first-order valence-electron chi connectivity index (χ1n) is 7.66. The maximum Gasteiger partial charge on any atom is 0.407 e. The second kappa shape index (κ2) is 7.35. The number of nitrogen functional groups attached to an aromatic ring is 1. The molecule has 0 radical (unpaired) electrons. The molecule has 0 saturated heterocycles. The van der Waals surface area contributed by atoms with Crippen LogP contribution in [-0.2, 0) is 11.3 Å². The van der Waals surface area contributed by atoms with Crippen LogP contribution in [0.25, 0.3) is 0 Å². The summed E-state index contributed by atoms with van der Waals surface area (Å²) in [5, 5.41) is 5.49. The standard InChI is InChI=1S/C17H27N3O3/c1-10(2)20-15(21)13-8-12(7-11(3)14(13)18)9-19-16(22)23-17(4,5)6/h7-8,10H,9,18H2,1-6H3,(H,19,22)(H,20,21). The minimum absolute atomic E-state index is 0.0192. The zero-order valence-corrected chi connectivity index (χ0v) is 14.7. The van der Waals surface area contributed by atoms with Gasteiger partial charge >= 0.3 is 6.09 Å². The van der Waals surface area contributed by atoms with Crippen molar-refractivity contribution >= 4 is 17.7 Å². The van der Waals surface area contributed by atoms with Gasteiger partial charge in [0.1, 0.15) is 5.60 Å². The van der Waals surface area contributed by atoms with Crippen molar-refractivity contribution in [3.05, 3.63) is 28.8 Å². The molecule has 1 rings (SSSR count). The molecule has 0 aliphatic rings. The zero-order chi connectivity index (χ0) is 17.8. The summed E-state index contributed by atoms with van der Waals surface area (Å²) in [6.07, 6.45) is -0.500. The van der Waals surface area contributed by atoms with Gasteiger partial charge in [0.05, 0.1) is 5.56 Å². The molecule has 1 aromatic rings. The van der Waals surface area contributed by atoms with Crippen LogP contribution in [0, 0.1) is 6.92 Å². The summed E-state index contributed by atoms with van der Waals surface area (Å²) in [6, 6.07) is 3.56. The summed E-state index contributed by atoms with van der Waals surface area (Å²) < 4.78 is 5.19. The molecule has 0 aliphatic carbocycles. The van der Waals surface area contributed by atoms with Crippen LogP contribution < -0.4 is 16.4 Å². The Hall–Kier alpha value is -2.24. The number of aryl methyl sites for hydroxylation is 1. The zero-order valence-electron chi connectivity index (χ0n) is 14.7. The van der Waals surface area contributed by atoms with Gasteiger partial charge in [-0.2, -0.15) is 0 Å². The van der Waals surface area contributed by atoms with Crippen molar-refractivity contribution in [2.75, 3.05) is 5.73 Å². The van der Waals surface area contributed by atoms with E-state index in [1.807, 2.05) is 26.8 Å². The minimum atomic E-state index is -0.552. The number of ether oxygens (including phenoxy) is 1. The van der Waals surface area contributed by atoms with Crippen molar-refractivity contribution in [3.63, 3.8) is 0 Å². The number of hydrogen-bond acceptors (Lipinski definition) is 4. The van der Waals surface area contributed by atoms with Gasteiger partial charge in [0.2, 0.25) is 0 Å². The van der Waals surface area contributed by atoms with Crippen LogP contribution in [0.5, 0.6) is 0 Å². The minimum Gasteiger partial charge on any atom is -0.444 e. The number of amides is 2. The molecule has 2 amide bonds. The molecule has 0 atom stereocenters. The van der Waals surface area contributed by atoms with E-state index in [9.17, 15) is 9.59 Å². The first-order chi connectivity index (χ1) is 10.5. The van der Waals surface area contributed by atoms with Gasteiger partial charge in [-0.25, -0.2) is 4.79 Å². The van der Waals surface area contributed by atoms with Crippen molar-refractivity contribution in [2.45, 2.75) is 59.7 Å². The summed E-state index contributed by atoms with van der Waals surface area (Å²) >= 11 is 0. The Labute approximate surface area is 137 Å². The van der Waals surface area contributed by atoms with Crippen molar-refractivity contribution in [1.82, 2.24) is 10.6 Å². The van der Waals surface area contributed by atoms with Crippen molar-refractivity contribution < 1.29 is 14.3 Å². The fraction of sp³-hybridized carbons (Fsp3) is 0.529. The fourth-order valence-corrected chi connectivity index (χ4v) is 1.99. The number of alkyl carbamates (subject to hydrolysis) is 1. The highest BCUT2D eigenvalue weighted by atomic mass is 16.6. The third-order valence-corrected chi connectivity index (χ3v) is 2.95. The highest BCUT2D eigenvalue weighted by molar-refractivity contribution is 6.00. The van der Waals surface area contributed by atoms with E-state index >= 15 is 0 Å².